The molecule has 6 nitrogen and oxygen atoms in total. The van der Waals surface area contributed by atoms with Crippen molar-refractivity contribution in [1.29, 1.82) is 0 Å². The number of aromatic nitrogens is 1. The third kappa shape index (κ3) is 3.44. The minimum atomic E-state index is 0.0417. The van der Waals surface area contributed by atoms with Crippen LogP contribution in [-0.4, -0.2) is 64.5 Å². The first-order valence-electron chi connectivity index (χ1n) is 9.74. The molecule has 1 unspecified atom stereocenters. The number of anilines is 1. The Morgan fingerprint density at radius 1 is 1.18 bits per heavy atom. The van der Waals surface area contributed by atoms with Crippen LogP contribution in [0.2, 0.25) is 0 Å². The third-order valence-corrected chi connectivity index (χ3v) is 6.94. The molecule has 144 valence electrons. The lowest BCUT2D eigenvalue weighted by molar-refractivity contribution is -0.135. The monoisotopic (exact) mass is 393 g/mol. The molecule has 1 amide bonds. The van der Waals surface area contributed by atoms with E-state index in [1.165, 1.54) is 5.69 Å². The van der Waals surface area contributed by atoms with Crippen LogP contribution in [-0.2, 0) is 4.79 Å². The summed E-state index contributed by atoms with van der Waals surface area (Å²) in [6.07, 6.45) is 5.89. The van der Waals surface area contributed by atoms with Gasteiger partial charge in [0.25, 0.3) is 0 Å². The predicted octanol–water partition coefficient (Wildman–Crippen LogP) is 1.80. The maximum atomic E-state index is 12.8. The molecule has 7 heteroatoms. The highest BCUT2D eigenvalue weighted by Crippen LogP contribution is 2.35. The van der Waals surface area contributed by atoms with E-state index in [0.717, 1.165) is 43.9 Å². The number of hydrogen-bond acceptors (Lipinski definition) is 6. The van der Waals surface area contributed by atoms with Gasteiger partial charge in [0.15, 0.2) is 0 Å². The van der Waals surface area contributed by atoms with Gasteiger partial charge < -0.3 is 9.80 Å². The van der Waals surface area contributed by atoms with Gasteiger partial charge in [-0.1, -0.05) is 12.1 Å². The van der Waals surface area contributed by atoms with Gasteiger partial charge in [-0.05, 0) is 49.1 Å². The Morgan fingerprint density at radius 2 is 2.00 bits per heavy atom. The minimum Gasteiger partial charge on any atom is -0.371 e. The molecular formula is C21H23N5OS. The van der Waals surface area contributed by atoms with Crippen molar-refractivity contribution in [2.75, 3.05) is 37.6 Å². The van der Waals surface area contributed by atoms with Crippen molar-refractivity contribution in [1.82, 2.24) is 19.5 Å². The van der Waals surface area contributed by atoms with Crippen LogP contribution >= 0.6 is 11.9 Å². The minimum absolute atomic E-state index is 0.0417. The second kappa shape index (κ2) is 7.28. The highest BCUT2D eigenvalue weighted by molar-refractivity contribution is 7.97. The number of amides is 1. The van der Waals surface area contributed by atoms with Crippen molar-refractivity contribution in [2.24, 2.45) is 0 Å². The van der Waals surface area contributed by atoms with Crippen LogP contribution in [0.25, 0.3) is 0 Å². The molecule has 4 heterocycles. The fraction of sp³-hybridized carbons (Fsp3) is 0.429. The lowest BCUT2D eigenvalue weighted by atomic mass is 9.88. The fourth-order valence-electron chi connectivity index (χ4n) is 4.48. The SMILES string of the molecule is O=C1CN(Sc2cc#ccc2)CC2NC3(CCN(c4ccncc4)CC3)CN12. The van der Waals surface area contributed by atoms with E-state index in [0.29, 0.717) is 6.54 Å². The number of hydrogen-bond donors (Lipinski definition) is 1. The van der Waals surface area contributed by atoms with E-state index in [2.05, 4.69) is 48.7 Å². The number of carbonyl (C=O) groups is 1. The summed E-state index contributed by atoms with van der Waals surface area (Å²) in [6.45, 7) is 4.12. The van der Waals surface area contributed by atoms with Crippen LogP contribution in [0.5, 0.6) is 0 Å². The molecule has 0 aliphatic carbocycles. The van der Waals surface area contributed by atoms with E-state index < -0.39 is 0 Å². The molecule has 1 atom stereocenters. The fourth-order valence-corrected chi connectivity index (χ4v) is 5.41. The molecule has 3 saturated heterocycles. The highest BCUT2D eigenvalue weighted by atomic mass is 32.2. The van der Waals surface area contributed by atoms with Crippen LogP contribution in [0.3, 0.4) is 0 Å². The molecular weight excluding hydrogens is 370 g/mol. The maximum Gasteiger partial charge on any atom is 0.239 e. The zero-order valence-electron chi connectivity index (χ0n) is 15.7. The van der Waals surface area contributed by atoms with Crippen LogP contribution in [0.1, 0.15) is 12.8 Å². The van der Waals surface area contributed by atoms with Crippen LogP contribution in [0.4, 0.5) is 5.69 Å². The molecule has 1 aromatic heterocycles. The number of piperazine rings is 1. The van der Waals surface area contributed by atoms with E-state index in [4.69, 9.17) is 0 Å². The number of rotatable bonds is 3. The van der Waals surface area contributed by atoms with Gasteiger partial charge in [0.05, 0.1) is 12.7 Å². The number of carbonyl (C=O) groups excluding carboxylic acids is 1. The normalized spacial score (nSPS) is 24.3. The molecule has 0 saturated carbocycles. The molecule has 1 N–H and O–H groups in total. The van der Waals surface area contributed by atoms with E-state index in [1.807, 2.05) is 30.6 Å². The first kappa shape index (κ1) is 17.8. The quantitative estimate of drug-likeness (QED) is 0.803. The molecule has 0 radical (unpaired) electrons. The number of pyridine rings is 1. The summed E-state index contributed by atoms with van der Waals surface area (Å²) >= 11 is 1.63. The number of fused-ring (bicyclic) bond motifs is 1. The van der Waals surface area contributed by atoms with Gasteiger partial charge in [-0.3, -0.25) is 15.1 Å². The largest absolute Gasteiger partial charge is 0.371 e. The topological polar surface area (TPSA) is 51.7 Å². The summed E-state index contributed by atoms with van der Waals surface area (Å²) in [5.74, 6) is 0.219. The lowest BCUT2D eigenvalue weighted by Crippen LogP contribution is -2.56. The van der Waals surface area contributed by atoms with E-state index in [9.17, 15) is 4.79 Å². The van der Waals surface area contributed by atoms with Gasteiger partial charge in [0.1, 0.15) is 0 Å². The first-order valence-corrected chi connectivity index (χ1v) is 10.5. The zero-order chi connectivity index (χ0) is 19.0. The van der Waals surface area contributed by atoms with Crippen molar-refractivity contribution in [3.05, 3.63) is 54.9 Å². The van der Waals surface area contributed by atoms with Gasteiger partial charge in [-0.25, -0.2) is 4.31 Å². The average molecular weight is 394 g/mol. The maximum absolute atomic E-state index is 12.8. The lowest BCUT2D eigenvalue weighted by Gasteiger charge is -2.40. The third-order valence-electron chi connectivity index (χ3n) is 5.94. The summed E-state index contributed by atoms with van der Waals surface area (Å²) in [6, 6.07) is 15.8. The molecule has 0 bridgehead atoms. The Hall–Kier alpha value is -2.27. The average Bonchev–Trinajstić information content (AvgIpc) is 3.08. The zero-order valence-corrected chi connectivity index (χ0v) is 16.5. The van der Waals surface area contributed by atoms with Crippen LogP contribution < -0.4 is 10.2 Å². The first-order chi connectivity index (χ1) is 13.7. The van der Waals surface area contributed by atoms with Crippen LogP contribution in [0.15, 0.2) is 47.6 Å². The van der Waals surface area contributed by atoms with Crippen LogP contribution in [0, 0.1) is 12.1 Å². The summed E-state index contributed by atoms with van der Waals surface area (Å²) in [5, 5.41) is 3.82. The van der Waals surface area contributed by atoms with Gasteiger partial charge in [0.2, 0.25) is 5.91 Å². The second-order valence-corrected chi connectivity index (χ2v) is 8.91. The Bertz CT molecular complexity index is 825. The van der Waals surface area contributed by atoms with Crippen molar-refractivity contribution in [3.63, 3.8) is 0 Å². The summed E-state index contributed by atoms with van der Waals surface area (Å²) in [4.78, 5) is 22.5. The molecule has 1 aromatic carbocycles. The van der Waals surface area contributed by atoms with Crippen molar-refractivity contribution in [3.8, 4) is 0 Å². The number of piperidine rings is 1. The molecule has 1 spiro atoms. The predicted molar refractivity (Wildman–Crippen MR) is 109 cm³/mol. The van der Waals surface area contributed by atoms with Gasteiger partial charge in [-0.15, -0.1) is 0 Å². The Labute approximate surface area is 170 Å². The molecule has 28 heavy (non-hydrogen) atoms. The number of nitrogens with one attached hydrogen (secondary N) is 1. The van der Waals surface area contributed by atoms with E-state index in [-0.39, 0.29) is 17.6 Å². The number of nitrogens with zero attached hydrogens (tertiary/aromatic N) is 4. The van der Waals surface area contributed by atoms with Crippen molar-refractivity contribution >= 4 is 23.5 Å². The molecule has 3 aliphatic rings. The summed E-state index contributed by atoms with van der Waals surface area (Å²) < 4.78 is 2.16. The van der Waals surface area contributed by atoms with Gasteiger partial charge in [-0.2, -0.15) is 0 Å². The molecule has 3 fully saturated rings. The second-order valence-electron chi connectivity index (χ2n) is 7.74. The standard InChI is InChI=1S/C21H23N5OS/c27-20-15-25(28-18-4-2-1-3-5-18)14-19-23-21(16-26(19)20)8-12-24(13-9-21)17-6-10-22-11-7-17/h2,4-7,10-11,19,23H,8-9,12-16H2. The molecule has 5 rings (SSSR count). The Kier molecular flexibility index (Phi) is 4.63. The van der Waals surface area contributed by atoms with Gasteiger partial charge >= 0.3 is 0 Å². The Balaban J connectivity index is 1.23. The Morgan fingerprint density at radius 3 is 2.75 bits per heavy atom. The molecule has 3 aliphatic heterocycles. The molecule has 2 aromatic rings. The highest BCUT2D eigenvalue weighted by Gasteiger charge is 2.49. The summed E-state index contributed by atoms with van der Waals surface area (Å²) in [5.41, 5.74) is 1.27. The smallest absolute Gasteiger partial charge is 0.239 e. The van der Waals surface area contributed by atoms with E-state index >= 15 is 0 Å². The van der Waals surface area contributed by atoms with Crippen molar-refractivity contribution in [2.45, 2.75) is 29.4 Å². The van der Waals surface area contributed by atoms with Crippen molar-refractivity contribution < 1.29 is 4.79 Å². The van der Waals surface area contributed by atoms with Gasteiger partial charge in [0, 0.05) is 60.8 Å². The van der Waals surface area contributed by atoms with E-state index in [1.54, 1.807) is 11.9 Å². The summed E-state index contributed by atoms with van der Waals surface area (Å²) in [7, 11) is 0.